The summed E-state index contributed by atoms with van der Waals surface area (Å²) < 4.78 is 3.70. The zero-order chi connectivity index (χ0) is 9.97. The number of rotatable bonds is 3. The molecule has 2 aliphatic rings. The molecule has 0 aromatic rings. The molecule has 0 saturated carbocycles. The maximum absolute atomic E-state index is 2.55. The van der Waals surface area contributed by atoms with Gasteiger partial charge in [-0.1, -0.05) is 0 Å². The molecule has 89 valence electrons. The van der Waals surface area contributed by atoms with Crippen molar-refractivity contribution in [2.45, 2.75) is 25.9 Å². The number of hydrogen-bond donors (Lipinski definition) is 0. The van der Waals surface area contributed by atoms with Crippen molar-refractivity contribution in [3.05, 3.63) is 43.0 Å². The second kappa shape index (κ2) is 8.18. The Morgan fingerprint density at radius 3 is 1.62 bits per heavy atom. The molecule has 2 rings (SSSR count). The van der Waals surface area contributed by atoms with Gasteiger partial charge in [-0.05, 0) is 0 Å². The third kappa shape index (κ3) is 4.04. The van der Waals surface area contributed by atoms with Gasteiger partial charge in [-0.2, -0.15) is 0 Å². The van der Waals surface area contributed by atoms with Crippen molar-refractivity contribution < 1.29 is 20.9 Å². The van der Waals surface area contributed by atoms with E-state index in [0.29, 0.717) is 0 Å². The van der Waals surface area contributed by atoms with Gasteiger partial charge in [0.15, 0.2) is 0 Å². The molecule has 0 heterocycles. The molecule has 0 aliphatic heterocycles. The van der Waals surface area contributed by atoms with Crippen LogP contribution >= 0.6 is 34.0 Å². The van der Waals surface area contributed by atoms with Crippen molar-refractivity contribution in [1.82, 2.24) is 0 Å². The van der Waals surface area contributed by atoms with Crippen LogP contribution in [0.5, 0.6) is 0 Å². The van der Waals surface area contributed by atoms with Crippen LogP contribution in [0.15, 0.2) is 43.0 Å². The first kappa shape index (κ1) is 17.0. The van der Waals surface area contributed by atoms with Gasteiger partial charge in [-0.25, -0.2) is 0 Å². The first-order valence-corrected chi connectivity index (χ1v) is 15.0. The SMILES string of the molecule is Br.Br.C[SiH](C)[Zr]([C]1=CC=CC1)[C]1=CC=CC1. The third-order valence-electron chi connectivity index (χ3n) is 2.81. The van der Waals surface area contributed by atoms with Crippen LogP contribution in [0.1, 0.15) is 12.8 Å². The molecule has 16 heavy (non-hydrogen) atoms. The Morgan fingerprint density at radius 2 is 1.38 bits per heavy atom. The van der Waals surface area contributed by atoms with Gasteiger partial charge in [-0.3, -0.25) is 0 Å². The topological polar surface area (TPSA) is 0 Å². The van der Waals surface area contributed by atoms with Gasteiger partial charge >= 0.3 is 95.8 Å². The molecule has 0 N–H and O–H groups in total. The summed E-state index contributed by atoms with van der Waals surface area (Å²) in [5.74, 6) is -0.412. The Kier molecular flexibility index (Phi) is 8.70. The van der Waals surface area contributed by atoms with E-state index < -0.39 is 26.8 Å². The minimum atomic E-state index is -1.29. The third-order valence-corrected chi connectivity index (χ3v) is 22.1. The Hall–Kier alpha value is 1.02. The van der Waals surface area contributed by atoms with Crippen LogP contribution in [0.3, 0.4) is 0 Å². The number of hydrogen-bond acceptors (Lipinski definition) is 0. The summed E-state index contributed by atoms with van der Waals surface area (Å²) in [7, 11) is 0. The fraction of sp³-hybridized carbons (Fsp3) is 0.333. The Bertz CT molecular complexity index is 313. The second-order valence-corrected chi connectivity index (χ2v) is 23.6. The molecule has 0 bridgehead atoms. The van der Waals surface area contributed by atoms with E-state index in [4.69, 9.17) is 0 Å². The molecule has 0 aromatic heterocycles. The normalized spacial score (nSPS) is 16.7. The number of allylic oxidation sites excluding steroid dienone is 8. The molecule has 0 amide bonds. The van der Waals surface area contributed by atoms with E-state index in [1.807, 2.05) is 6.56 Å². The fourth-order valence-corrected chi connectivity index (χ4v) is 21.2. The van der Waals surface area contributed by atoms with Crippen LogP contribution in [0, 0.1) is 0 Å². The van der Waals surface area contributed by atoms with E-state index in [1.165, 1.54) is 12.8 Å². The van der Waals surface area contributed by atoms with Crippen LogP contribution in [-0.2, 0) is 20.9 Å². The first-order chi connectivity index (χ1) is 6.79. The standard InChI is InChI=1S/2C5H5.C2H7Si.2BrH.Zr/c2*1-2-4-5-3-1;1-3-2;;;/h2*1-3H,4H2;3H,1-2H3;2*1H;. The van der Waals surface area contributed by atoms with Crippen molar-refractivity contribution in [1.29, 1.82) is 0 Å². The van der Waals surface area contributed by atoms with Crippen molar-refractivity contribution >= 4 is 39.9 Å². The van der Waals surface area contributed by atoms with Gasteiger partial charge in [0.1, 0.15) is 0 Å². The molecule has 0 aromatic carbocycles. The predicted molar refractivity (Wildman–Crippen MR) is 83.2 cm³/mol. The van der Waals surface area contributed by atoms with Crippen molar-refractivity contribution in [3.8, 4) is 0 Å². The molecule has 0 saturated heterocycles. The summed E-state index contributed by atoms with van der Waals surface area (Å²) in [5.41, 5.74) is 0. The summed E-state index contributed by atoms with van der Waals surface area (Å²) in [4.78, 5) is 0. The minimum absolute atomic E-state index is 0. The van der Waals surface area contributed by atoms with Gasteiger partial charge < -0.3 is 0 Å². The van der Waals surface area contributed by atoms with Crippen molar-refractivity contribution in [2.75, 3.05) is 0 Å². The zero-order valence-corrected chi connectivity index (χ0v) is 16.8. The van der Waals surface area contributed by atoms with Gasteiger partial charge in [0.2, 0.25) is 0 Å². The van der Waals surface area contributed by atoms with Crippen LogP contribution in [0.2, 0.25) is 13.1 Å². The van der Waals surface area contributed by atoms with Gasteiger partial charge in [0.05, 0.1) is 0 Å². The average Bonchev–Trinajstić information content (AvgIpc) is 2.75. The van der Waals surface area contributed by atoms with Crippen molar-refractivity contribution in [3.63, 3.8) is 0 Å². The Balaban J connectivity index is 0.00000112. The van der Waals surface area contributed by atoms with Crippen LogP contribution in [0.25, 0.3) is 0 Å². The van der Waals surface area contributed by atoms with E-state index >= 15 is 0 Å². The summed E-state index contributed by atoms with van der Waals surface area (Å²) >= 11 is -1.29. The summed E-state index contributed by atoms with van der Waals surface area (Å²) in [6.07, 6.45) is 16.6. The molecular formula is C12H19Br2SiZr. The molecule has 2 aliphatic carbocycles. The van der Waals surface area contributed by atoms with Crippen LogP contribution in [-0.4, -0.2) is 5.92 Å². The van der Waals surface area contributed by atoms with Gasteiger partial charge in [0, 0.05) is 0 Å². The summed E-state index contributed by atoms with van der Waals surface area (Å²) in [6, 6.07) is 0. The molecule has 0 spiro atoms. The molecule has 4 heteroatoms. The molecule has 0 atom stereocenters. The monoisotopic (exact) mass is 439 g/mol. The van der Waals surface area contributed by atoms with E-state index in [2.05, 4.69) is 49.6 Å². The molecular weight excluding hydrogens is 423 g/mol. The first-order valence-electron chi connectivity index (χ1n) is 5.38. The maximum atomic E-state index is 2.55. The van der Waals surface area contributed by atoms with Gasteiger partial charge in [0.25, 0.3) is 0 Å². The zero-order valence-electron chi connectivity index (χ0n) is 9.77. The predicted octanol–water partition coefficient (Wildman–Crippen LogP) is 4.43. The molecule has 0 unspecified atom stereocenters. The van der Waals surface area contributed by atoms with E-state index in [1.54, 1.807) is 0 Å². The summed E-state index contributed by atoms with van der Waals surface area (Å²) in [6.45, 7) is 5.10. The van der Waals surface area contributed by atoms with E-state index in [9.17, 15) is 0 Å². The molecule has 0 radical (unpaired) electrons. The second-order valence-electron chi connectivity index (χ2n) is 4.22. The summed E-state index contributed by atoms with van der Waals surface area (Å²) in [5, 5.41) is 0. The van der Waals surface area contributed by atoms with E-state index in [0.717, 1.165) is 0 Å². The fourth-order valence-electron chi connectivity index (χ4n) is 2.24. The van der Waals surface area contributed by atoms with Crippen LogP contribution in [0.4, 0.5) is 0 Å². The van der Waals surface area contributed by atoms with Crippen molar-refractivity contribution in [2.24, 2.45) is 0 Å². The number of halogens is 2. The van der Waals surface area contributed by atoms with E-state index in [-0.39, 0.29) is 34.0 Å². The Labute approximate surface area is 128 Å². The van der Waals surface area contributed by atoms with Gasteiger partial charge in [-0.15, -0.1) is 34.0 Å². The molecule has 0 nitrogen and oxygen atoms in total. The molecule has 0 fully saturated rings. The van der Waals surface area contributed by atoms with Crippen LogP contribution < -0.4 is 0 Å². The quantitative estimate of drug-likeness (QED) is 0.568. The average molecular weight is 442 g/mol. The Morgan fingerprint density at radius 1 is 0.938 bits per heavy atom.